The Balaban J connectivity index is 1.47. The minimum atomic E-state index is 0.0686. The molecule has 2 aliphatic rings. The summed E-state index contributed by atoms with van der Waals surface area (Å²) in [6.45, 7) is 2.85. The van der Waals surface area contributed by atoms with Gasteiger partial charge < -0.3 is 19.1 Å². The highest BCUT2D eigenvalue weighted by molar-refractivity contribution is 5.79. The van der Waals surface area contributed by atoms with Crippen LogP contribution in [-0.4, -0.2) is 50.3 Å². The molecule has 1 atom stereocenters. The third-order valence-corrected chi connectivity index (χ3v) is 4.39. The molecule has 22 heavy (non-hydrogen) atoms. The van der Waals surface area contributed by atoms with E-state index in [2.05, 4.69) is 0 Å². The molecular formula is C17H23NO4. The summed E-state index contributed by atoms with van der Waals surface area (Å²) >= 11 is 0. The molecule has 5 heteroatoms. The lowest BCUT2D eigenvalue weighted by Crippen LogP contribution is -2.44. The van der Waals surface area contributed by atoms with E-state index in [1.54, 1.807) is 7.11 Å². The van der Waals surface area contributed by atoms with E-state index in [-0.39, 0.29) is 17.9 Å². The van der Waals surface area contributed by atoms with Crippen molar-refractivity contribution in [2.24, 2.45) is 5.92 Å². The molecule has 2 heterocycles. The standard InChI is InChI=1S/C17H23NO4/c1-20-14-2-4-15(5-3-14)22-16-6-9-18(10-7-16)17(19)13-8-11-21-12-13/h2-5,13,16H,6-12H2,1H3/t13-/m1/s1. The third kappa shape index (κ3) is 3.53. The molecule has 0 aliphatic carbocycles. The largest absolute Gasteiger partial charge is 0.497 e. The number of likely N-dealkylation sites (tertiary alicyclic amines) is 1. The van der Waals surface area contributed by atoms with Crippen molar-refractivity contribution in [2.45, 2.75) is 25.4 Å². The van der Waals surface area contributed by atoms with Gasteiger partial charge in [-0.3, -0.25) is 4.79 Å². The Hall–Kier alpha value is -1.75. The first kappa shape index (κ1) is 15.2. The molecule has 2 saturated heterocycles. The number of carbonyl (C=O) groups excluding carboxylic acids is 1. The minimum Gasteiger partial charge on any atom is -0.497 e. The van der Waals surface area contributed by atoms with Crippen molar-refractivity contribution in [2.75, 3.05) is 33.4 Å². The van der Waals surface area contributed by atoms with Crippen molar-refractivity contribution >= 4 is 5.91 Å². The molecule has 3 rings (SSSR count). The molecule has 0 bridgehead atoms. The van der Waals surface area contributed by atoms with Gasteiger partial charge in [-0.25, -0.2) is 0 Å². The average molecular weight is 305 g/mol. The van der Waals surface area contributed by atoms with Crippen LogP contribution in [0.2, 0.25) is 0 Å². The Kier molecular flexibility index (Phi) is 4.83. The smallest absolute Gasteiger partial charge is 0.228 e. The number of benzene rings is 1. The predicted octanol–water partition coefficient (Wildman–Crippen LogP) is 2.10. The summed E-state index contributed by atoms with van der Waals surface area (Å²) in [4.78, 5) is 14.3. The van der Waals surface area contributed by atoms with Gasteiger partial charge in [-0.2, -0.15) is 0 Å². The van der Waals surface area contributed by atoms with Crippen LogP contribution in [0.15, 0.2) is 24.3 Å². The summed E-state index contributed by atoms with van der Waals surface area (Å²) in [5.41, 5.74) is 0. The maximum atomic E-state index is 12.3. The van der Waals surface area contributed by atoms with Crippen molar-refractivity contribution in [3.05, 3.63) is 24.3 Å². The van der Waals surface area contributed by atoms with Crippen LogP contribution in [-0.2, 0) is 9.53 Å². The first-order valence-corrected chi connectivity index (χ1v) is 7.93. The van der Waals surface area contributed by atoms with E-state index in [0.29, 0.717) is 13.2 Å². The second kappa shape index (κ2) is 7.01. The third-order valence-electron chi connectivity index (χ3n) is 4.39. The molecule has 5 nitrogen and oxygen atoms in total. The first-order valence-electron chi connectivity index (χ1n) is 7.93. The van der Waals surface area contributed by atoms with Crippen LogP contribution in [0, 0.1) is 5.92 Å². The summed E-state index contributed by atoms with van der Waals surface area (Å²) in [5.74, 6) is 2.00. The number of hydrogen-bond acceptors (Lipinski definition) is 4. The van der Waals surface area contributed by atoms with E-state index in [0.717, 1.165) is 43.9 Å². The fourth-order valence-corrected chi connectivity index (χ4v) is 3.03. The van der Waals surface area contributed by atoms with Gasteiger partial charge in [0.1, 0.15) is 17.6 Å². The van der Waals surface area contributed by atoms with E-state index in [1.165, 1.54) is 0 Å². The fraction of sp³-hybridized carbons (Fsp3) is 0.588. The molecule has 0 unspecified atom stereocenters. The van der Waals surface area contributed by atoms with Crippen LogP contribution in [0.4, 0.5) is 0 Å². The minimum absolute atomic E-state index is 0.0686. The van der Waals surface area contributed by atoms with E-state index in [4.69, 9.17) is 14.2 Å². The zero-order valence-corrected chi connectivity index (χ0v) is 13.0. The monoisotopic (exact) mass is 305 g/mol. The molecule has 0 aromatic heterocycles. The van der Waals surface area contributed by atoms with Crippen LogP contribution in [0.25, 0.3) is 0 Å². The van der Waals surface area contributed by atoms with Crippen molar-refractivity contribution in [3.63, 3.8) is 0 Å². The van der Waals surface area contributed by atoms with Gasteiger partial charge in [0.15, 0.2) is 0 Å². The molecule has 0 spiro atoms. The SMILES string of the molecule is COc1ccc(OC2CCN(C(=O)[C@@H]3CCOC3)CC2)cc1. The summed E-state index contributed by atoms with van der Waals surface area (Å²) in [6, 6.07) is 7.64. The van der Waals surface area contributed by atoms with Crippen LogP contribution in [0.3, 0.4) is 0 Å². The van der Waals surface area contributed by atoms with Crippen molar-refractivity contribution in [3.8, 4) is 11.5 Å². The number of hydrogen-bond donors (Lipinski definition) is 0. The highest BCUT2D eigenvalue weighted by Gasteiger charge is 2.31. The number of amides is 1. The number of rotatable bonds is 4. The van der Waals surface area contributed by atoms with Gasteiger partial charge in [-0.15, -0.1) is 0 Å². The van der Waals surface area contributed by atoms with Gasteiger partial charge in [0.2, 0.25) is 5.91 Å². The quantitative estimate of drug-likeness (QED) is 0.855. The van der Waals surface area contributed by atoms with Crippen molar-refractivity contribution in [1.82, 2.24) is 4.90 Å². The van der Waals surface area contributed by atoms with E-state index >= 15 is 0 Å². The first-order chi connectivity index (χ1) is 10.8. The lowest BCUT2D eigenvalue weighted by molar-refractivity contribution is -0.137. The Morgan fingerprint density at radius 1 is 1.14 bits per heavy atom. The van der Waals surface area contributed by atoms with Crippen molar-refractivity contribution in [1.29, 1.82) is 0 Å². The maximum Gasteiger partial charge on any atom is 0.228 e. The van der Waals surface area contributed by atoms with Gasteiger partial charge in [-0.05, 0) is 30.7 Å². The van der Waals surface area contributed by atoms with Crippen LogP contribution >= 0.6 is 0 Å². The Morgan fingerprint density at radius 3 is 2.41 bits per heavy atom. The molecule has 2 fully saturated rings. The van der Waals surface area contributed by atoms with Gasteiger partial charge >= 0.3 is 0 Å². The lowest BCUT2D eigenvalue weighted by Gasteiger charge is -2.33. The molecule has 0 radical (unpaired) electrons. The van der Waals surface area contributed by atoms with Gasteiger partial charge in [0, 0.05) is 32.5 Å². The van der Waals surface area contributed by atoms with E-state index < -0.39 is 0 Å². The van der Waals surface area contributed by atoms with Gasteiger partial charge in [0.05, 0.1) is 19.6 Å². The van der Waals surface area contributed by atoms with Crippen LogP contribution in [0.1, 0.15) is 19.3 Å². The highest BCUT2D eigenvalue weighted by Crippen LogP contribution is 2.23. The fourth-order valence-electron chi connectivity index (χ4n) is 3.03. The second-order valence-corrected chi connectivity index (χ2v) is 5.88. The molecule has 0 N–H and O–H groups in total. The summed E-state index contributed by atoms with van der Waals surface area (Å²) in [6.07, 6.45) is 2.80. The normalized spacial score (nSPS) is 22.6. The molecule has 1 aromatic carbocycles. The summed E-state index contributed by atoms with van der Waals surface area (Å²) in [7, 11) is 1.65. The molecule has 0 saturated carbocycles. The zero-order valence-electron chi connectivity index (χ0n) is 13.0. The van der Waals surface area contributed by atoms with E-state index in [9.17, 15) is 4.79 Å². The number of ether oxygens (including phenoxy) is 3. The lowest BCUT2D eigenvalue weighted by atomic mass is 10.0. The Morgan fingerprint density at radius 2 is 1.82 bits per heavy atom. The van der Waals surface area contributed by atoms with Crippen molar-refractivity contribution < 1.29 is 19.0 Å². The molecule has 1 aromatic rings. The molecule has 1 amide bonds. The molecular weight excluding hydrogens is 282 g/mol. The molecule has 120 valence electrons. The topological polar surface area (TPSA) is 48.0 Å². The average Bonchev–Trinajstić information content (AvgIpc) is 3.10. The van der Waals surface area contributed by atoms with Gasteiger partial charge in [-0.1, -0.05) is 0 Å². The predicted molar refractivity (Wildman–Crippen MR) is 82.2 cm³/mol. The number of methoxy groups -OCH3 is 1. The maximum absolute atomic E-state index is 12.3. The molecule has 2 aliphatic heterocycles. The number of nitrogens with zero attached hydrogens (tertiary/aromatic N) is 1. The summed E-state index contributed by atoms with van der Waals surface area (Å²) in [5, 5.41) is 0. The van der Waals surface area contributed by atoms with Gasteiger partial charge in [0.25, 0.3) is 0 Å². The number of carbonyl (C=O) groups is 1. The second-order valence-electron chi connectivity index (χ2n) is 5.88. The Labute approximate surface area is 131 Å². The summed E-state index contributed by atoms with van der Waals surface area (Å²) < 4.78 is 16.4. The highest BCUT2D eigenvalue weighted by atomic mass is 16.5. The Bertz CT molecular complexity index is 488. The number of piperidine rings is 1. The van der Waals surface area contributed by atoms with E-state index in [1.807, 2.05) is 29.2 Å². The van der Waals surface area contributed by atoms with Crippen LogP contribution in [0.5, 0.6) is 11.5 Å². The zero-order chi connectivity index (χ0) is 15.4. The van der Waals surface area contributed by atoms with Crippen LogP contribution < -0.4 is 9.47 Å².